The molecule has 0 aliphatic carbocycles. The molecule has 0 aromatic heterocycles. The molecule has 4 nitrogen and oxygen atoms in total. The summed E-state index contributed by atoms with van der Waals surface area (Å²) in [5.74, 6) is 3.63. The Morgan fingerprint density at radius 3 is 2.91 bits per heavy atom. The Kier molecular flexibility index (Phi) is 5.26. The van der Waals surface area contributed by atoms with Crippen molar-refractivity contribution in [1.82, 2.24) is 9.80 Å². The number of carbonyl (C=O) groups is 1. The zero-order valence-corrected chi connectivity index (χ0v) is 14.0. The van der Waals surface area contributed by atoms with Gasteiger partial charge in [0.25, 0.3) is 0 Å². The van der Waals surface area contributed by atoms with Crippen molar-refractivity contribution >= 4 is 17.7 Å². The second-order valence-electron chi connectivity index (χ2n) is 6.01. The Morgan fingerprint density at radius 1 is 1.32 bits per heavy atom. The molecule has 2 fully saturated rings. The van der Waals surface area contributed by atoms with Crippen LogP contribution in [0.15, 0.2) is 24.3 Å². The molecule has 1 aromatic rings. The van der Waals surface area contributed by atoms with Gasteiger partial charge in [-0.05, 0) is 30.7 Å². The topological polar surface area (TPSA) is 32.8 Å². The third-order valence-electron chi connectivity index (χ3n) is 4.48. The van der Waals surface area contributed by atoms with Crippen molar-refractivity contribution in [2.75, 3.05) is 44.8 Å². The summed E-state index contributed by atoms with van der Waals surface area (Å²) in [6.07, 6.45) is 0.993. The minimum atomic E-state index is 0.189. The van der Waals surface area contributed by atoms with Gasteiger partial charge in [-0.15, -0.1) is 0 Å². The molecule has 5 heteroatoms. The van der Waals surface area contributed by atoms with Gasteiger partial charge in [0.05, 0.1) is 13.0 Å². The normalized spacial score (nSPS) is 22.8. The first-order chi connectivity index (χ1) is 10.8. The maximum Gasteiger partial charge on any atom is 0.227 e. The Bertz CT molecular complexity index is 517. The van der Waals surface area contributed by atoms with Gasteiger partial charge in [-0.2, -0.15) is 11.8 Å². The number of rotatable bonds is 4. The lowest BCUT2D eigenvalue weighted by Gasteiger charge is -2.29. The minimum Gasteiger partial charge on any atom is -0.497 e. The fraction of sp³-hybridized carbons (Fsp3) is 0.588. The first-order valence-electron chi connectivity index (χ1n) is 7.98. The van der Waals surface area contributed by atoms with Crippen LogP contribution in [0.4, 0.5) is 0 Å². The van der Waals surface area contributed by atoms with Crippen molar-refractivity contribution in [2.45, 2.75) is 13.0 Å². The van der Waals surface area contributed by atoms with Crippen LogP contribution in [0.3, 0.4) is 0 Å². The Hall–Kier alpha value is -1.20. The van der Waals surface area contributed by atoms with Gasteiger partial charge in [-0.3, -0.25) is 9.69 Å². The molecule has 3 rings (SSSR count). The van der Waals surface area contributed by atoms with Crippen molar-refractivity contribution in [1.29, 1.82) is 0 Å². The fourth-order valence-corrected chi connectivity index (χ4v) is 4.15. The molecule has 2 aliphatic heterocycles. The van der Waals surface area contributed by atoms with Crippen molar-refractivity contribution in [3.05, 3.63) is 29.8 Å². The van der Waals surface area contributed by atoms with Gasteiger partial charge in [0.2, 0.25) is 5.91 Å². The number of hydrogen-bond donors (Lipinski definition) is 0. The number of amides is 1. The highest BCUT2D eigenvalue weighted by Gasteiger charge is 2.31. The number of carbonyl (C=O) groups excluding carboxylic acids is 1. The van der Waals surface area contributed by atoms with Gasteiger partial charge in [0, 0.05) is 37.7 Å². The number of thioether (sulfide) groups is 1. The second kappa shape index (κ2) is 7.38. The van der Waals surface area contributed by atoms with Crippen LogP contribution in [-0.4, -0.2) is 60.5 Å². The van der Waals surface area contributed by atoms with Crippen LogP contribution < -0.4 is 4.74 Å². The minimum absolute atomic E-state index is 0.189. The summed E-state index contributed by atoms with van der Waals surface area (Å²) in [6, 6.07) is 8.20. The zero-order valence-electron chi connectivity index (χ0n) is 13.2. The van der Waals surface area contributed by atoms with Crippen LogP contribution >= 0.6 is 11.8 Å². The number of methoxy groups -OCH3 is 1. The average molecular weight is 320 g/mol. The maximum atomic E-state index is 12.6. The smallest absolute Gasteiger partial charge is 0.227 e. The molecule has 2 saturated heterocycles. The van der Waals surface area contributed by atoms with E-state index < -0.39 is 0 Å². The molecule has 0 bridgehead atoms. The van der Waals surface area contributed by atoms with Crippen LogP contribution in [0.2, 0.25) is 0 Å². The third-order valence-corrected chi connectivity index (χ3v) is 5.43. The van der Waals surface area contributed by atoms with E-state index in [0.29, 0.717) is 5.91 Å². The van der Waals surface area contributed by atoms with E-state index >= 15 is 0 Å². The SMILES string of the molecule is COc1cccc(CN2CCC(C(=O)N3CCSCC3)C2)c1. The monoisotopic (exact) mass is 320 g/mol. The summed E-state index contributed by atoms with van der Waals surface area (Å²) >= 11 is 1.95. The van der Waals surface area contributed by atoms with Gasteiger partial charge in [-0.25, -0.2) is 0 Å². The van der Waals surface area contributed by atoms with Crippen LogP contribution in [0.5, 0.6) is 5.75 Å². The molecule has 1 unspecified atom stereocenters. The van der Waals surface area contributed by atoms with Crippen molar-refractivity contribution in [3.63, 3.8) is 0 Å². The summed E-state index contributed by atoms with van der Waals surface area (Å²) in [6.45, 7) is 4.65. The molecule has 22 heavy (non-hydrogen) atoms. The zero-order chi connectivity index (χ0) is 15.4. The predicted octanol–water partition coefficient (Wildman–Crippen LogP) is 2.09. The standard InChI is InChI=1S/C17H24N2O2S/c1-21-16-4-2-3-14(11-16)12-18-6-5-15(13-18)17(20)19-7-9-22-10-8-19/h2-4,11,15H,5-10,12-13H2,1H3. The van der Waals surface area contributed by atoms with E-state index in [0.717, 1.165) is 56.4 Å². The second-order valence-corrected chi connectivity index (χ2v) is 7.23. The van der Waals surface area contributed by atoms with Crippen LogP contribution in [0, 0.1) is 5.92 Å². The summed E-state index contributed by atoms with van der Waals surface area (Å²) in [4.78, 5) is 17.0. The first kappa shape index (κ1) is 15.7. The quantitative estimate of drug-likeness (QED) is 0.850. The van der Waals surface area contributed by atoms with Gasteiger partial charge in [0.1, 0.15) is 5.75 Å². The summed E-state index contributed by atoms with van der Waals surface area (Å²) in [5, 5.41) is 0. The fourth-order valence-electron chi connectivity index (χ4n) is 3.25. The van der Waals surface area contributed by atoms with E-state index in [1.165, 1.54) is 5.56 Å². The lowest BCUT2D eigenvalue weighted by atomic mass is 10.1. The van der Waals surface area contributed by atoms with E-state index in [1.807, 2.05) is 23.9 Å². The van der Waals surface area contributed by atoms with E-state index in [4.69, 9.17) is 4.74 Å². The molecule has 0 saturated carbocycles. The molecule has 1 amide bonds. The first-order valence-corrected chi connectivity index (χ1v) is 9.13. The molecule has 2 heterocycles. The molecule has 1 atom stereocenters. The van der Waals surface area contributed by atoms with Crippen LogP contribution in [0.25, 0.3) is 0 Å². The molecule has 120 valence electrons. The van der Waals surface area contributed by atoms with Gasteiger partial charge in [-0.1, -0.05) is 12.1 Å². The Balaban J connectivity index is 1.54. The van der Waals surface area contributed by atoms with E-state index in [-0.39, 0.29) is 5.92 Å². The molecule has 0 N–H and O–H groups in total. The molecular weight excluding hydrogens is 296 g/mol. The van der Waals surface area contributed by atoms with Crippen molar-refractivity contribution in [2.24, 2.45) is 5.92 Å². The Labute approximate surface area is 136 Å². The Morgan fingerprint density at radius 2 is 2.14 bits per heavy atom. The maximum absolute atomic E-state index is 12.6. The average Bonchev–Trinajstić information content (AvgIpc) is 3.03. The van der Waals surface area contributed by atoms with Gasteiger partial charge >= 0.3 is 0 Å². The van der Waals surface area contributed by atoms with E-state index in [2.05, 4.69) is 21.9 Å². The molecule has 0 spiro atoms. The lowest BCUT2D eigenvalue weighted by molar-refractivity contribution is -0.134. The molecule has 1 aromatic carbocycles. The number of likely N-dealkylation sites (tertiary alicyclic amines) is 1. The van der Waals surface area contributed by atoms with Crippen LogP contribution in [-0.2, 0) is 11.3 Å². The predicted molar refractivity (Wildman–Crippen MR) is 90.3 cm³/mol. The van der Waals surface area contributed by atoms with Gasteiger partial charge in [0.15, 0.2) is 0 Å². The summed E-state index contributed by atoms with van der Waals surface area (Å²) in [5.41, 5.74) is 1.25. The molecular formula is C17H24N2O2S. The number of ether oxygens (including phenoxy) is 1. The van der Waals surface area contributed by atoms with Gasteiger partial charge < -0.3 is 9.64 Å². The molecule has 2 aliphatic rings. The van der Waals surface area contributed by atoms with E-state index in [1.54, 1.807) is 7.11 Å². The summed E-state index contributed by atoms with van der Waals surface area (Å²) in [7, 11) is 1.70. The molecule has 0 radical (unpaired) electrons. The lowest BCUT2D eigenvalue weighted by Crippen LogP contribution is -2.42. The van der Waals surface area contributed by atoms with E-state index in [9.17, 15) is 4.79 Å². The van der Waals surface area contributed by atoms with Crippen molar-refractivity contribution < 1.29 is 9.53 Å². The van der Waals surface area contributed by atoms with Crippen LogP contribution in [0.1, 0.15) is 12.0 Å². The number of nitrogens with zero attached hydrogens (tertiary/aromatic N) is 2. The highest BCUT2D eigenvalue weighted by Crippen LogP contribution is 2.23. The van der Waals surface area contributed by atoms with Crippen molar-refractivity contribution in [3.8, 4) is 5.75 Å². The third kappa shape index (κ3) is 3.76. The summed E-state index contributed by atoms with van der Waals surface area (Å²) < 4.78 is 5.28. The largest absolute Gasteiger partial charge is 0.497 e. The number of hydrogen-bond acceptors (Lipinski definition) is 4. The number of benzene rings is 1. The highest BCUT2D eigenvalue weighted by molar-refractivity contribution is 7.99. The highest BCUT2D eigenvalue weighted by atomic mass is 32.2.